The first kappa shape index (κ1) is 13.4. The van der Waals surface area contributed by atoms with Crippen LogP contribution in [0.3, 0.4) is 0 Å². The minimum absolute atomic E-state index is 0.0617. The number of nitrogens with zero attached hydrogens (tertiary/aromatic N) is 2. The fraction of sp³-hybridized carbons (Fsp3) is 0.167. The summed E-state index contributed by atoms with van der Waals surface area (Å²) in [5.41, 5.74) is 4.36. The van der Waals surface area contributed by atoms with E-state index in [-0.39, 0.29) is 12.4 Å². The molecule has 1 aromatic heterocycles. The van der Waals surface area contributed by atoms with Gasteiger partial charge in [-0.25, -0.2) is 14.4 Å². The van der Waals surface area contributed by atoms with E-state index in [4.69, 9.17) is 5.73 Å². The van der Waals surface area contributed by atoms with Gasteiger partial charge in [-0.05, 0) is 24.3 Å². The van der Waals surface area contributed by atoms with Crippen LogP contribution in [0.4, 0.5) is 17.6 Å². The van der Waals surface area contributed by atoms with Crippen LogP contribution in [-0.4, -0.2) is 9.97 Å². The van der Waals surface area contributed by atoms with Gasteiger partial charge in [-0.3, -0.25) is 0 Å². The normalized spacial score (nSPS) is 11.6. The molecule has 0 amide bonds. The molecule has 7 heteroatoms. The zero-order chi connectivity index (χ0) is 14.0. The van der Waals surface area contributed by atoms with Crippen LogP contribution in [0.2, 0.25) is 0 Å². The van der Waals surface area contributed by atoms with E-state index in [9.17, 15) is 17.6 Å². The number of halogens is 4. The monoisotopic (exact) mass is 271 g/mol. The Bertz CT molecular complexity index is 596. The predicted octanol–water partition coefficient (Wildman–Crippen LogP) is 2.76. The number of aromatic nitrogens is 2. The standard InChI is InChI=1S/C12H9F4N3/c13-7-1-2-10(12(14,15)16)9(5-7)11-18-4-3-8(6-17)19-11/h1-5H,6,17H2. The number of hydrogen-bond acceptors (Lipinski definition) is 3. The molecule has 0 radical (unpaired) electrons. The Morgan fingerprint density at radius 2 is 1.89 bits per heavy atom. The lowest BCUT2D eigenvalue weighted by atomic mass is 10.1. The van der Waals surface area contributed by atoms with Gasteiger partial charge in [0.1, 0.15) is 5.82 Å². The van der Waals surface area contributed by atoms with Crippen LogP contribution in [0.5, 0.6) is 0 Å². The van der Waals surface area contributed by atoms with Crippen molar-refractivity contribution in [3.05, 3.63) is 47.5 Å². The van der Waals surface area contributed by atoms with E-state index in [0.29, 0.717) is 11.8 Å². The van der Waals surface area contributed by atoms with Crippen molar-refractivity contribution >= 4 is 0 Å². The summed E-state index contributed by atoms with van der Waals surface area (Å²) in [6.07, 6.45) is -3.32. The highest BCUT2D eigenvalue weighted by Crippen LogP contribution is 2.36. The Kier molecular flexibility index (Phi) is 3.48. The second kappa shape index (κ2) is 4.93. The molecule has 3 nitrogen and oxygen atoms in total. The number of hydrogen-bond donors (Lipinski definition) is 1. The van der Waals surface area contributed by atoms with Crippen LogP contribution in [0.25, 0.3) is 11.4 Å². The molecular weight excluding hydrogens is 262 g/mol. The first-order valence-electron chi connectivity index (χ1n) is 5.31. The minimum Gasteiger partial charge on any atom is -0.325 e. The van der Waals surface area contributed by atoms with Crippen LogP contribution >= 0.6 is 0 Å². The lowest BCUT2D eigenvalue weighted by Gasteiger charge is -2.12. The minimum atomic E-state index is -4.61. The molecule has 0 saturated carbocycles. The molecule has 1 heterocycles. The largest absolute Gasteiger partial charge is 0.417 e. The third-order valence-corrected chi connectivity index (χ3v) is 2.45. The summed E-state index contributed by atoms with van der Waals surface area (Å²) in [5, 5.41) is 0. The smallest absolute Gasteiger partial charge is 0.325 e. The Labute approximate surface area is 106 Å². The molecular formula is C12H9F4N3. The molecule has 0 spiro atoms. The van der Waals surface area contributed by atoms with Crippen molar-refractivity contribution in [2.45, 2.75) is 12.7 Å². The van der Waals surface area contributed by atoms with Gasteiger partial charge in [-0.15, -0.1) is 0 Å². The van der Waals surface area contributed by atoms with Crippen LogP contribution in [0.15, 0.2) is 30.5 Å². The summed E-state index contributed by atoms with van der Waals surface area (Å²) in [6, 6.07) is 3.66. The number of nitrogens with two attached hydrogens (primary N) is 1. The van der Waals surface area contributed by atoms with E-state index in [2.05, 4.69) is 9.97 Å². The third-order valence-electron chi connectivity index (χ3n) is 2.45. The van der Waals surface area contributed by atoms with Gasteiger partial charge >= 0.3 is 6.18 Å². The van der Waals surface area contributed by atoms with E-state index in [1.54, 1.807) is 0 Å². The average Bonchev–Trinajstić information content (AvgIpc) is 2.37. The van der Waals surface area contributed by atoms with Gasteiger partial charge in [0.25, 0.3) is 0 Å². The SMILES string of the molecule is NCc1ccnc(-c2cc(F)ccc2C(F)(F)F)n1. The molecule has 0 atom stereocenters. The Hall–Kier alpha value is -2.02. The van der Waals surface area contributed by atoms with E-state index in [1.165, 1.54) is 12.3 Å². The van der Waals surface area contributed by atoms with E-state index in [0.717, 1.165) is 12.1 Å². The lowest BCUT2D eigenvalue weighted by Crippen LogP contribution is -2.09. The number of alkyl halides is 3. The maximum atomic E-state index is 13.2. The van der Waals surface area contributed by atoms with Gasteiger partial charge in [0.05, 0.1) is 11.3 Å². The van der Waals surface area contributed by atoms with Gasteiger partial charge < -0.3 is 5.73 Å². The number of rotatable bonds is 2. The third kappa shape index (κ3) is 2.87. The molecule has 0 bridgehead atoms. The maximum Gasteiger partial charge on any atom is 0.417 e. The van der Waals surface area contributed by atoms with E-state index in [1.807, 2.05) is 0 Å². The lowest BCUT2D eigenvalue weighted by molar-refractivity contribution is -0.137. The zero-order valence-electron chi connectivity index (χ0n) is 9.58. The van der Waals surface area contributed by atoms with Crippen LogP contribution < -0.4 is 5.73 Å². The quantitative estimate of drug-likeness (QED) is 0.854. The average molecular weight is 271 g/mol. The Balaban J connectivity index is 2.63. The summed E-state index contributed by atoms with van der Waals surface area (Å²) in [6.45, 7) is 0.0617. The molecule has 0 aliphatic carbocycles. The molecule has 2 rings (SSSR count). The van der Waals surface area contributed by atoms with Gasteiger partial charge in [0, 0.05) is 18.3 Å². The van der Waals surface area contributed by atoms with Crippen LogP contribution in [0, 0.1) is 5.82 Å². The second-order valence-corrected chi connectivity index (χ2v) is 3.76. The highest BCUT2D eigenvalue weighted by molar-refractivity contribution is 5.61. The first-order valence-corrected chi connectivity index (χ1v) is 5.31. The van der Waals surface area contributed by atoms with Crippen molar-refractivity contribution in [3.63, 3.8) is 0 Å². The van der Waals surface area contributed by atoms with Crippen molar-refractivity contribution in [2.24, 2.45) is 5.73 Å². The summed E-state index contributed by atoms with van der Waals surface area (Å²) < 4.78 is 51.7. The Morgan fingerprint density at radius 1 is 1.16 bits per heavy atom. The fourth-order valence-electron chi connectivity index (χ4n) is 1.59. The summed E-state index contributed by atoms with van der Waals surface area (Å²) >= 11 is 0. The molecule has 2 aromatic rings. The summed E-state index contributed by atoms with van der Waals surface area (Å²) in [7, 11) is 0. The topological polar surface area (TPSA) is 51.8 Å². The van der Waals surface area contributed by atoms with Crippen LogP contribution in [0.1, 0.15) is 11.3 Å². The van der Waals surface area contributed by atoms with Crippen molar-refractivity contribution in [1.29, 1.82) is 0 Å². The summed E-state index contributed by atoms with van der Waals surface area (Å²) in [4.78, 5) is 7.61. The molecule has 1 aromatic carbocycles. The van der Waals surface area contributed by atoms with Crippen molar-refractivity contribution in [3.8, 4) is 11.4 Å². The highest BCUT2D eigenvalue weighted by Gasteiger charge is 2.34. The van der Waals surface area contributed by atoms with Gasteiger partial charge in [0.2, 0.25) is 0 Å². The van der Waals surface area contributed by atoms with Crippen LogP contribution in [-0.2, 0) is 12.7 Å². The van der Waals surface area contributed by atoms with Gasteiger partial charge in [-0.2, -0.15) is 13.2 Å². The molecule has 100 valence electrons. The van der Waals surface area contributed by atoms with E-state index < -0.39 is 23.1 Å². The van der Waals surface area contributed by atoms with Gasteiger partial charge in [0.15, 0.2) is 5.82 Å². The maximum absolute atomic E-state index is 13.2. The molecule has 19 heavy (non-hydrogen) atoms. The summed E-state index contributed by atoms with van der Waals surface area (Å²) in [5.74, 6) is -0.987. The molecule has 0 fully saturated rings. The molecule has 2 N–H and O–H groups in total. The van der Waals surface area contributed by atoms with Crippen molar-refractivity contribution < 1.29 is 17.6 Å². The Morgan fingerprint density at radius 3 is 2.53 bits per heavy atom. The van der Waals surface area contributed by atoms with Crippen molar-refractivity contribution in [2.75, 3.05) is 0 Å². The molecule has 0 aliphatic rings. The van der Waals surface area contributed by atoms with Crippen molar-refractivity contribution in [1.82, 2.24) is 9.97 Å². The molecule has 0 aliphatic heterocycles. The highest BCUT2D eigenvalue weighted by atomic mass is 19.4. The van der Waals surface area contributed by atoms with E-state index >= 15 is 0 Å². The fourth-order valence-corrected chi connectivity index (χ4v) is 1.59. The number of benzene rings is 1. The predicted molar refractivity (Wildman–Crippen MR) is 60.3 cm³/mol. The van der Waals surface area contributed by atoms with Gasteiger partial charge in [-0.1, -0.05) is 0 Å². The second-order valence-electron chi connectivity index (χ2n) is 3.76. The zero-order valence-corrected chi connectivity index (χ0v) is 9.58. The molecule has 0 saturated heterocycles. The first-order chi connectivity index (χ1) is 8.91. The molecule has 0 unspecified atom stereocenters.